The number of aliphatic imine (C=N–C) groups is 2. The molecule has 4 heterocycles. The van der Waals surface area contributed by atoms with Gasteiger partial charge in [0.15, 0.2) is 17.5 Å². The van der Waals surface area contributed by atoms with Gasteiger partial charge < -0.3 is 83.6 Å². The molecule has 27 nitrogen and oxygen atoms in total. The molecule has 8 atom stereocenters. The number of rotatable bonds is 28. The van der Waals surface area contributed by atoms with Crippen molar-refractivity contribution in [1.82, 2.24) is 31.1 Å². The fraction of sp³-hybridized carbons (Fsp3) is 0.414. The lowest BCUT2D eigenvalue weighted by Crippen LogP contribution is -2.57. The molecule has 4 aliphatic rings. The Morgan fingerprint density at radius 1 is 0.567 bits per heavy atom. The number of esters is 1. The summed E-state index contributed by atoms with van der Waals surface area (Å²) in [4.78, 5) is 138. The van der Waals surface area contributed by atoms with Crippen LogP contribution in [0.4, 0.5) is 21.0 Å². The normalized spacial score (nSPS) is 18.3. The maximum absolute atomic E-state index is 14.6. The van der Waals surface area contributed by atoms with Crippen molar-refractivity contribution in [3.8, 4) is 11.5 Å². The van der Waals surface area contributed by atoms with Crippen LogP contribution in [-0.4, -0.2) is 138 Å². The van der Waals surface area contributed by atoms with E-state index in [-0.39, 0.29) is 125 Å². The van der Waals surface area contributed by atoms with Crippen LogP contribution >= 0.6 is 0 Å². The number of anilines is 2. The van der Waals surface area contributed by atoms with E-state index >= 15 is 0 Å². The molecule has 514 valence electrons. The third-order valence-electron chi connectivity index (χ3n) is 18.0. The SMILES string of the molecule is CCC(C)[C@H](NC(=O)OCc1ccccc1)C(=O)N1CCC[C@H]1C(=O)N[C@@H](CCCN=C(N)N)C(=O)Nc1ccc2c(c1)Oc1cc(NC(=O)[C@H](CCCN=C(N)N)NC(=O)[C@@H]3CCCN3C(=O)[C@@H](NC(=O)OCc3ccccc3)C(C)CC)ccc1C21OC(=O)c2ccccc21. The van der Waals surface area contributed by atoms with Crippen LogP contribution in [0.25, 0.3) is 0 Å². The number of carbonyl (C=O) groups is 9. The number of guanidine groups is 2. The highest BCUT2D eigenvalue weighted by Crippen LogP contribution is 2.57. The number of carbonyl (C=O) groups excluding carboxylic acids is 9. The lowest BCUT2D eigenvalue weighted by Gasteiger charge is -2.37. The lowest BCUT2D eigenvalue weighted by atomic mass is 9.77. The van der Waals surface area contributed by atoms with Crippen LogP contribution in [0.5, 0.6) is 11.5 Å². The molecule has 27 heteroatoms. The van der Waals surface area contributed by atoms with Gasteiger partial charge in [-0.1, -0.05) is 119 Å². The minimum absolute atomic E-state index is 0.0144. The Morgan fingerprint density at radius 3 is 1.41 bits per heavy atom. The summed E-state index contributed by atoms with van der Waals surface area (Å²) < 4.78 is 24.0. The molecule has 2 unspecified atom stereocenters. The van der Waals surface area contributed by atoms with Crippen molar-refractivity contribution in [3.05, 3.63) is 155 Å². The number of hydrogen-bond donors (Lipinski definition) is 10. The Hall–Kier alpha value is -10.7. The van der Waals surface area contributed by atoms with Crippen LogP contribution in [-0.2, 0) is 61.8 Å². The van der Waals surface area contributed by atoms with Crippen molar-refractivity contribution in [2.24, 2.45) is 44.8 Å². The Balaban J connectivity index is 0.934. The van der Waals surface area contributed by atoms with E-state index in [0.717, 1.165) is 11.1 Å². The predicted molar refractivity (Wildman–Crippen MR) is 361 cm³/mol. The third kappa shape index (κ3) is 17.2. The summed E-state index contributed by atoms with van der Waals surface area (Å²) in [5.41, 5.74) is 24.5. The molecule has 14 N–H and O–H groups in total. The summed E-state index contributed by atoms with van der Waals surface area (Å²) >= 11 is 0. The number of nitrogens with zero attached hydrogens (tertiary/aromatic N) is 4. The maximum atomic E-state index is 14.6. The molecule has 4 aliphatic heterocycles. The molecule has 0 aliphatic carbocycles. The highest BCUT2D eigenvalue weighted by molar-refractivity contribution is 6.02. The second kappa shape index (κ2) is 32.6. The van der Waals surface area contributed by atoms with E-state index in [9.17, 15) is 43.2 Å². The number of fused-ring (bicyclic) bond motifs is 6. The number of nitrogens with two attached hydrogens (primary N) is 4. The van der Waals surface area contributed by atoms with Crippen LogP contribution in [0.1, 0.15) is 130 Å². The first-order valence-electron chi connectivity index (χ1n) is 32.9. The first-order chi connectivity index (χ1) is 46.7. The van der Waals surface area contributed by atoms with Gasteiger partial charge in [-0.3, -0.25) is 38.8 Å². The molecule has 0 radical (unpaired) electrons. The second-order valence-corrected chi connectivity index (χ2v) is 24.7. The average molecular weight is 1330 g/mol. The molecule has 5 aromatic rings. The van der Waals surface area contributed by atoms with Gasteiger partial charge in [0, 0.05) is 66.4 Å². The molecular weight excluding hydrogens is 1240 g/mol. The minimum Gasteiger partial charge on any atom is -0.456 e. The molecule has 1 spiro atoms. The van der Waals surface area contributed by atoms with E-state index in [1.165, 1.54) is 9.80 Å². The summed E-state index contributed by atoms with van der Waals surface area (Å²) in [6, 6.07) is 28.3. The lowest BCUT2D eigenvalue weighted by molar-refractivity contribution is -0.141. The van der Waals surface area contributed by atoms with Gasteiger partial charge >= 0.3 is 18.2 Å². The number of ether oxygens (including phenoxy) is 4. The highest BCUT2D eigenvalue weighted by atomic mass is 16.6. The van der Waals surface area contributed by atoms with Gasteiger partial charge in [-0.15, -0.1) is 0 Å². The summed E-state index contributed by atoms with van der Waals surface area (Å²) in [6.07, 6.45) is 1.63. The van der Waals surface area contributed by atoms with Crippen molar-refractivity contribution in [2.75, 3.05) is 36.8 Å². The molecule has 0 bridgehead atoms. The maximum Gasteiger partial charge on any atom is 0.408 e. The zero-order chi connectivity index (χ0) is 69.3. The summed E-state index contributed by atoms with van der Waals surface area (Å²) in [6.45, 7) is 8.09. The first-order valence-corrected chi connectivity index (χ1v) is 32.9. The quantitative estimate of drug-likeness (QED) is 0.00919. The van der Waals surface area contributed by atoms with E-state index in [2.05, 4.69) is 41.9 Å². The van der Waals surface area contributed by atoms with Crippen LogP contribution < -0.4 is 59.6 Å². The number of likely N-dealkylation sites (tertiary alicyclic amines) is 2. The summed E-state index contributed by atoms with van der Waals surface area (Å²) in [5, 5.41) is 17.1. The van der Waals surface area contributed by atoms with E-state index in [0.29, 0.717) is 47.9 Å². The largest absolute Gasteiger partial charge is 0.456 e. The van der Waals surface area contributed by atoms with E-state index in [4.69, 9.17) is 41.9 Å². The fourth-order valence-electron chi connectivity index (χ4n) is 12.5. The highest BCUT2D eigenvalue weighted by Gasteiger charge is 2.54. The van der Waals surface area contributed by atoms with Gasteiger partial charge in [0.1, 0.15) is 61.0 Å². The molecule has 97 heavy (non-hydrogen) atoms. The van der Waals surface area contributed by atoms with Crippen molar-refractivity contribution in [2.45, 2.75) is 147 Å². The fourth-order valence-corrected chi connectivity index (χ4v) is 12.5. The Bertz CT molecular complexity index is 3540. The van der Waals surface area contributed by atoms with Gasteiger partial charge in [0.2, 0.25) is 35.4 Å². The van der Waals surface area contributed by atoms with E-state index in [1.807, 2.05) is 88.4 Å². The number of benzene rings is 5. The molecule has 2 saturated heterocycles. The monoisotopic (exact) mass is 1330 g/mol. The molecule has 9 rings (SSSR count). The predicted octanol–water partition coefficient (Wildman–Crippen LogP) is 5.87. The number of hydrogen-bond acceptors (Lipinski definition) is 15. The topological polar surface area (TPSA) is 398 Å². The van der Waals surface area contributed by atoms with Crippen molar-refractivity contribution >= 4 is 76.9 Å². The molecule has 0 aromatic heterocycles. The van der Waals surface area contributed by atoms with Gasteiger partial charge in [-0.25, -0.2) is 14.4 Å². The van der Waals surface area contributed by atoms with Crippen LogP contribution in [0.3, 0.4) is 0 Å². The average Bonchev–Trinajstić information content (AvgIpc) is 1.62. The Kier molecular flexibility index (Phi) is 23.7. The zero-order valence-corrected chi connectivity index (χ0v) is 54.9. The Morgan fingerprint density at radius 2 is 0.990 bits per heavy atom. The minimum atomic E-state index is -1.60. The van der Waals surface area contributed by atoms with Gasteiger partial charge in [-0.2, -0.15) is 0 Å². The summed E-state index contributed by atoms with van der Waals surface area (Å²) in [7, 11) is 0. The zero-order valence-electron chi connectivity index (χ0n) is 54.9. The molecule has 0 saturated carbocycles. The number of amides is 8. The molecule has 5 aromatic carbocycles. The first kappa shape index (κ1) is 70.6. The van der Waals surface area contributed by atoms with Crippen molar-refractivity contribution < 1.29 is 62.1 Å². The van der Waals surface area contributed by atoms with E-state index in [1.54, 1.807) is 60.7 Å². The van der Waals surface area contributed by atoms with E-state index < -0.39 is 95.5 Å². The molecule has 8 amide bonds. The molecular formula is C70H86N14O13. The molecule has 2 fully saturated rings. The number of alkyl carbamates (subject to hydrolysis) is 2. The van der Waals surface area contributed by atoms with Crippen molar-refractivity contribution in [1.29, 1.82) is 0 Å². The van der Waals surface area contributed by atoms with Crippen molar-refractivity contribution in [3.63, 3.8) is 0 Å². The Labute approximate surface area is 562 Å². The van der Waals surface area contributed by atoms with Gasteiger partial charge in [-0.05, 0) is 105 Å². The third-order valence-corrected chi connectivity index (χ3v) is 18.0. The number of nitrogens with one attached hydrogen (secondary N) is 6. The van der Waals surface area contributed by atoms with Crippen LogP contribution in [0.15, 0.2) is 131 Å². The van der Waals surface area contributed by atoms with Crippen LogP contribution in [0.2, 0.25) is 0 Å². The summed E-state index contributed by atoms with van der Waals surface area (Å²) in [5.74, 6) is -4.71. The second-order valence-electron chi connectivity index (χ2n) is 24.7. The smallest absolute Gasteiger partial charge is 0.408 e. The van der Waals surface area contributed by atoms with Gasteiger partial charge in [0.05, 0.1) is 5.56 Å². The standard InChI is InChI=1S/C70H86N14O13/c1-5-41(3)57(81-68(92)94-39-43-19-9-7-10-20-43)63(89)83-35-17-27-53(83)61(87)79-51(25-15-33-75-66(71)72)59(85)77-45-29-31-49-55(37-45)96-56-38-46(30-32-50(56)70(49)48-24-14-13-23-47(48)65(91)97-70)78-60(86)52(26-16-34-76-67(73)74)80-62(88)54-28-18-36-84(54)64(90)58(42(4)6-2)82-69(93)95-40-44-21-11-8-12-22-44/h7-14,19-24,29-32,37-38,41-42,51-54,57-58H,5-6,15-18,25-28,33-36,39-40H2,1-4H3,(H,77,85)(H,78,86)(H,79,87)(H,80,88)(H,81,92)(H,82,93)(H4,71,72,75)(H4,73,74,76)/t41?,42?,51-,52-,53-,54-,57-,58-,70?/m0/s1. The van der Waals surface area contributed by atoms with Crippen LogP contribution in [0, 0.1) is 11.8 Å². The van der Waals surface area contributed by atoms with Gasteiger partial charge in [0.25, 0.3) is 0 Å².